The number of esters is 1. The van der Waals surface area contributed by atoms with Crippen LogP contribution in [0.3, 0.4) is 0 Å². The van der Waals surface area contributed by atoms with Crippen LogP contribution in [-0.4, -0.2) is 74.3 Å². The third kappa shape index (κ3) is 67.9. The summed E-state index contributed by atoms with van der Waals surface area (Å²) in [6, 6.07) is -0.860. The normalized spacial score (nSPS) is 13.8. The first-order chi connectivity index (χ1) is 42.4. The highest BCUT2D eigenvalue weighted by Gasteiger charge is 2.30. The second kappa shape index (κ2) is 66.6. The van der Waals surface area contributed by atoms with Gasteiger partial charge in [0.15, 0.2) is 0 Å². The van der Waals surface area contributed by atoms with Crippen molar-refractivity contribution in [1.29, 1.82) is 0 Å². The number of nitrogens with zero attached hydrogens (tertiary/aromatic N) is 1. The largest absolute Gasteiger partial charge is 0.472 e. The zero-order valence-electron chi connectivity index (χ0n) is 58.5. The smallest absolute Gasteiger partial charge is 0.456 e. The second-order valence-electron chi connectivity index (χ2n) is 26.8. The van der Waals surface area contributed by atoms with Crippen molar-refractivity contribution in [3.8, 4) is 0 Å². The van der Waals surface area contributed by atoms with Crippen LogP contribution in [0.15, 0.2) is 60.8 Å². The monoisotopic (exact) mass is 1240 g/mol. The molecule has 3 unspecified atom stereocenters. The molecule has 0 heterocycles. The van der Waals surface area contributed by atoms with Crippen molar-refractivity contribution in [1.82, 2.24) is 5.32 Å². The summed E-state index contributed by atoms with van der Waals surface area (Å²) in [5.41, 5.74) is 0. The molecular formula is C77H146N2O7P+. The van der Waals surface area contributed by atoms with Crippen molar-refractivity contribution >= 4 is 19.7 Å². The minimum absolute atomic E-state index is 0.0365. The number of carbonyl (C=O) groups is 2. The zero-order valence-corrected chi connectivity index (χ0v) is 59.4. The molecule has 10 heteroatoms. The molecule has 87 heavy (non-hydrogen) atoms. The van der Waals surface area contributed by atoms with E-state index in [4.69, 9.17) is 13.8 Å². The fourth-order valence-corrected chi connectivity index (χ4v) is 11.9. The first-order valence-electron chi connectivity index (χ1n) is 37.6. The Morgan fingerprint density at radius 2 is 0.701 bits per heavy atom. The highest BCUT2D eigenvalue weighted by molar-refractivity contribution is 7.47. The van der Waals surface area contributed by atoms with Crippen LogP contribution < -0.4 is 5.32 Å². The summed E-state index contributed by atoms with van der Waals surface area (Å²) in [5, 5.41) is 3.07. The summed E-state index contributed by atoms with van der Waals surface area (Å²) in [6.45, 7) is 7.03. The maximum Gasteiger partial charge on any atom is 0.472 e. The van der Waals surface area contributed by atoms with E-state index >= 15 is 0 Å². The number of carbonyl (C=O) groups excluding carboxylic acids is 2. The standard InChI is InChI=1S/C77H145N2O7P/c1-7-10-13-16-19-22-25-28-30-32-34-36-37-38-39-40-41-43-45-47-49-52-55-58-61-64-67-70-77(81)86-75(68-65-62-59-56-53-50-27-24-21-18-15-12-9-3)74(73-85-87(82,83)84-72-71-79(4,5)6)78-76(80)69-66-63-60-57-54-51-48-46-44-42-35-33-31-29-26-23-20-17-14-11-8-2/h20,23,29,31,35,42,46,48,65,68,74-75H,7-19,21-22,24-28,30,32-34,36-41,43-45,47,49-64,66-67,69-73H2,1-6H3,(H-,78,80,82,83)/p+1/b23-20-,31-29-,42-35-,48-46-,68-65-. The lowest BCUT2D eigenvalue weighted by atomic mass is 10.0. The van der Waals surface area contributed by atoms with Gasteiger partial charge < -0.3 is 19.4 Å². The number of rotatable bonds is 69. The van der Waals surface area contributed by atoms with E-state index in [1.807, 2.05) is 33.3 Å². The molecule has 0 spiro atoms. The van der Waals surface area contributed by atoms with Crippen molar-refractivity contribution in [2.45, 2.75) is 380 Å². The van der Waals surface area contributed by atoms with Gasteiger partial charge in [0.05, 0.1) is 33.8 Å². The molecule has 0 saturated carbocycles. The second-order valence-corrected chi connectivity index (χ2v) is 28.3. The summed E-state index contributed by atoms with van der Waals surface area (Å²) in [5.74, 6) is -0.510. The summed E-state index contributed by atoms with van der Waals surface area (Å²) in [7, 11) is 1.49. The van der Waals surface area contributed by atoms with Gasteiger partial charge in [-0.3, -0.25) is 18.6 Å². The van der Waals surface area contributed by atoms with E-state index in [0.717, 1.165) is 96.3 Å². The van der Waals surface area contributed by atoms with Gasteiger partial charge in [0.25, 0.3) is 0 Å². The first-order valence-corrected chi connectivity index (χ1v) is 39.1. The molecule has 0 aromatic rings. The van der Waals surface area contributed by atoms with E-state index < -0.39 is 20.0 Å². The van der Waals surface area contributed by atoms with Crippen LogP contribution in [0.5, 0.6) is 0 Å². The zero-order chi connectivity index (χ0) is 63.5. The van der Waals surface area contributed by atoms with Crippen LogP contribution in [0.1, 0.15) is 367 Å². The van der Waals surface area contributed by atoms with Crippen LogP contribution in [0.4, 0.5) is 0 Å². The Kier molecular flexibility index (Phi) is 64.9. The Hall–Kier alpha value is -2.29. The predicted molar refractivity (Wildman–Crippen MR) is 378 cm³/mol. The van der Waals surface area contributed by atoms with Crippen LogP contribution in [0, 0.1) is 0 Å². The van der Waals surface area contributed by atoms with Gasteiger partial charge in [0.1, 0.15) is 19.3 Å². The maximum atomic E-state index is 13.6. The molecule has 3 atom stereocenters. The van der Waals surface area contributed by atoms with Crippen LogP contribution in [-0.2, 0) is 27.9 Å². The van der Waals surface area contributed by atoms with Crippen molar-refractivity contribution in [2.24, 2.45) is 0 Å². The molecule has 9 nitrogen and oxygen atoms in total. The topological polar surface area (TPSA) is 111 Å². The first kappa shape index (κ1) is 84.7. The molecule has 0 aliphatic heterocycles. The molecule has 1 amide bonds. The molecule has 0 aliphatic rings. The molecule has 0 aliphatic carbocycles. The Morgan fingerprint density at radius 1 is 0.402 bits per heavy atom. The van der Waals surface area contributed by atoms with Gasteiger partial charge in [-0.2, -0.15) is 0 Å². The molecule has 0 aromatic carbocycles. The maximum absolute atomic E-state index is 13.6. The van der Waals surface area contributed by atoms with E-state index in [1.54, 1.807) is 0 Å². The minimum Gasteiger partial charge on any atom is -0.456 e. The molecule has 0 aromatic heterocycles. The number of quaternary nitrogens is 1. The van der Waals surface area contributed by atoms with Crippen molar-refractivity contribution in [3.05, 3.63) is 60.8 Å². The van der Waals surface area contributed by atoms with Crippen molar-refractivity contribution in [3.63, 3.8) is 0 Å². The van der Waals surface area contributed by atoms with E-state index in [1.165, 1.54) is 238 Å². The van der Waals surface area contributed by atoms with Gasteiger partial charge >= 0.3 is 13.8 Å². The molecule has 0 rings (SSSR count). The average molecular weight is 1240 g/mol. The molecule has 2 N–H and O–H groups in total. The van der Waals surface area contributed by atoms with Crippen LogP contribution in [0.25, 0.3) is 0 Å². The summed E-state index contributed by atoms with van der Waals surface area (Å²) in [6.07, 6.45) is 86.8. The molecule has 510 valence electrons. The van der Waals surface area contributed by atoms with E-state index in [0.29, 0.717) is 23.9 Å². The minimum atomic E-state index is -4.46. The number of phosphoric ester groups is 1. The number of hydrogen-bond acceptors (Lipinski definition) is 6. The summed E-state index contributed by atoms with van der Waals surface area (Å²) < 4.78 is 30.9. The molecule has 0 fully saturated rings. The Labute approximate surface area is 541 Å². The number of amides is 1. The lowest BCUT2D eigenvalue weighted by Gasteiger charge is -2.27. The SMILES string of the molecule is CCCCC/C=C\C/C=C\C/C=C\C/C=C\CCCCCCCC(=O)NC(COP(=O)(O)OCC[N+](C)(C)C)C(/C=C\CCCCCCCCCCCCC)OC(=O)CCCCCCCCCCCCCCCCCCCCCCCCCCCCC. The van der Waals surface area contributed by atoms with Gasteiger partial charge in [-0.05, 0) is 76.7 Å². The van der Waals surface area contributed by atoms with Gasteiger partial charge in [0.2, 0.25) is 5.91 Å². The Bertz CT molecular complexity index is 1670. The Balaban J connectivity index is 5.03. The highest BCUT2D eigenvalue weighted by atomic mass is 31.2. The number of ether oxygens (including phenoxy) is 1. The number of allylic oxidation sites excluding steroid dienone is 9. The van der Waals surface area contributed by atoms with E-state index in [-0.39, 0.29) is 25.1 Å². The fourth-order valence-electron chi connectivity index (χ4n) is 11.2. The molecule has 0 saturated heterocycles. The number of hydrogen-bond donors (Lipinski definition) is 2. The summed E-state index contributed by atoms with van der Waals surface area (Å²) in [4.78, 5) is 38.0. The van der Waals surface area contributed by atoms with Crippen molar-refractivity contribution in [2.75, 3.05) is 40.9 Å². The number of unbranched alkanes of at least 4 members (excludes halogenated alkanes) is 45. The van der Waals surface area contributed by atoms with Gasteiger partial charge in [-0.1, -0.05) is 339 Å². The average Bonchev–Trinajstić information content (AvgIpc) is 3.69. The lowest BCUT2D eigenvalue weighted by Crippen LogP contribution is -2.47. The number of phosphoric acid groups is 1. The third-order valence-electron chi connectivity index (χ3n) is 17.0. The number of likely N-dealkylation sites (N-methyl/N-ethyl adjacent to an activating group) is 1. The third-order valence-corrected chi connectivity index (χ3v) is 17.9. The molecule has 0 bridgehead atoms. The summed E-state index contributed by atoms with van der Waals surface area (Å²) >= 11 is 0. The predicted octanol–water partition coefficient (Wildman–Crippen LogP) is 24.1. The van der Waals surface area contributed by atoms with Crippen molar-refractivity contribution < 1.29 is 37.3 Å². The van der Waals surface area contributed by atoms with Crippen LogP contribution >= 0.6 is 7.82 Å². The van der Waals surface area contributed by atoms with Crippen LogP contribution in [0.2, 0.25) is 0 Å². The Morgan fingerprint density at radius 3 is 1.07 bits per heavy atom. The fraction of sp³-hybridized carbons (Fsp3) is 0.844. The van der Waals surface area contributed by atoms with E-state index in [9.17, 15) is 19.0 Å². The van der Waals surface area contributed by atoms with Gasteiger partial charge in [-0.25, -0.2) is 4.57 Å². The van der Waals surface area contributed by atoms with Gasteiger partial charge in [0, 0.05) is 12.8 Å². The quantitative estimate of drug-likeness (QED) is 0.0205. The molecule has 0 radical (unpaired) electrons. The van der Waals surface area contributed by atoms with Gasteiger partial charge in [-0.15, -0.1) is 0 Å². The number of nitrogens with one attached hydrogen (secondary N) is 1. The lowest BCUT2D eigenvalue weighted by molar-refractivity contribution is -0.870. The highest BCUT2D eigenvalue weighted by Crippen LogP contribution is 2.43. The molecular weight excluding hydrogens is 1100 g/mol. The van der Waals surface area contributed by atoms with E-state index in [2.05, 4.69) is 74.7 Å².